The van der Waals surface area contributed by atoms with E-state index in [-0.39, 0.29) is 0 Å². The summed E-state index contributed by atoms with van der Waals surface area (Å²) >= 11 is 0. The molecule has 3 rings (SSSR count). The number of ether oxygens (including phenoxy) is 1. The Hall–Kier alpha value is -1.06. The van der Waals surface area contributed by atoms with E-state index in [4.69, 9.17) is 9.84 Å². The Morgan fingerprint density at radius 3 is 2.62 bits per heavy atom. The predicted octanol–water partition coefficient (Wildman–Crippen LogP) is 3.96. The van der Waals surface area contributed by atoms with E-state index in [1.807, 2.05) is 0 Å². The second-order valence-corrected chi connectivity index (χ2v) is 7.49. The molecular weight excluding hydrogens is 298 g/mol. The average molecular weight is 332 g/mol. The van der Waals surface area contributed by atoms with Crippen molar-refractivity contribution < 1.29 is 9.84 Å². The molecule has 1 aromatic carbocycles. The highest BCUT2D eigenvalue weighted by molar-refractivity contribution is 5.37. The number of aliphatic hydroxyl groups excluding tert-OH is 1. The fourth-order valence-electron chi connectivity index (χ4n) is 4.60. The van der Waals surface area contributed by atoms with Gasteiger partial charge in [-0.15, -0.1) is 0 Å². The first-order chi connectivity index (χ1) is 11.8. The molecule has 1 unspecified atom stereocenters. The van der Waals surface area contributed by atoms with E-state index in [2.05, 4.69) is 23.1 Å². The summed E-state index contributed by atoms with van der Waals surface area (Å²) in [5.41, 5.74) is 2.99. The van der Waals surface area contributed by atoms with E-state index in [0.29, 0.717) is 12.6 Å². The van der Waals surface area contributed by atoms with Crippen LogP contribution in [0.1, 0.15) is 62.5 Å². The summed E-state index contributed by atoms with van der Waals surface area (Å²) in [5, 5.41) is 9.15. The zero-order valence-electron chi connectivity index (χ0n) is 15.2. The molecule has 0 amide bonds. The molecule has 1 atom stereocenters. The Balaban J connectivity index is 1.69. The maximum absolute atomic E-state index is 9.15. The van der Waals surface area contributed by atoms with Gasteiger partial charge in [-0.05, 0) is 74.8 Å². The van der Waals surface area contributed by atoms with Crippen molar-refractivity contribution >= 4 is 0 Å². The molecule has 0 spiro atoms. The molecule has 3 heteroatoms. The highest BCUT2D eigenvalue weighted by atomic mass is 16.5. The zero-order chi connectivity index (χ0) is 16.8. The Morgan fingerprint density at radius 1 is 1.04 bits per heavy atom. The molecule has 0 heterocycles. The van der Waals surface area contributed by atoms with Gasteiger partial charge in [0.15, 0.2) is 0 Å². The van der Waals surface area contributed by atoms with Gasteiger partial charge in [0.05, 0.1) is 7.11 Å². The first kappa shape index (κ1) is 17.8. The lowest BCUT2D eigenvalue weighted by Gasteiger charge is -2.42. The molecule has 2 aliphatic rings. The van der Waals surface area contributed by atoms with E-state index in [1.54, 1.807) is 7.11 Å². The van der Waals surface area contributed by atoms with Crippen LogP contribution in [0.25, 0.3) is 0 Å². The second-order valence-electron chi connectivity index (χ2n) is 7.49. The van der Waals surface area contributed by atoms with Crippen molar-refractivity contribution in [1.82, 2.24) is 4.90 Å². The van der Waals surface area contributed by atoms with Crippen LogP contribution >= 0.6 is 0 Å². The molecular formula is C21H33NO2. The van der Waals surface area contributed by atoms with Gasteiger partial charge in [0.1, 0.15) is 5.75 Å². The number of fused-ring (bicyclic) bond motifs is 1. The smallest absolute Gasteiger partial charge is 0.119 e. The molecule has 2 aliphatic carbocycles. The number of hydrogen-bond donors (Lipinski definition) is 1. The number of unbranched alkanes of at least 4 members (excludes halogenated alkanes) is 1. The van der Waals surface area contributed by atoms with Crippen molar-refractivity contribution in [3.8, 4) is 5.75 Å². The maximum Gasteiger partial charge on any atom is 0.119 e. The van der Waals surface area contributed by atoms with Gasteiger partial charge in [0.2, 0.25) is 0 Å². The third kappa shape index (κ3) is 4.31. The zero-order valence-corrected chi connectivity index (χ0v) is 15.2. The summed E-state index contributed by atoms with van der Waals surface area (Å²) in [6.45, 7) is 1.48. The highest BCUT2D eigenvalue weighted by Crippen LogP contribution is 2.32. The number of methoxy groups -OCH3 is 1. The van der Waals surface area contributed by atoms with Gasteiger partial charge >= 0.3 is 0 Å². The fourth-order valence-corrected chi connectivity index (χ4v) is 4.60. The lowest BCUT2D eigenvalue weighted by atomic mass is 9.85. The van der Waals surface area contributed by atoms with Gasteiger partial charge in [-0.1, -0.05) is 25.3 Å². The minimum atomic E-state index is 0.325. The normalized spacial score (nSPS) is 21.7. The minimum Gasteiger partial charge on any atom is -0.497 e. The van der Waals surface area contributed by atoms with Crippen molar-refractivity contribution in [3.63, 3.8) is 0 Å². The molecule has 0 saturated heterocycles. The summed E-state index contributed by atoms with van der Waals surface area (Å²) in [4.78, 5) is 2.81. The van der Waals surface area contributed by atoms with E-state index in [1.165, 1.54) is 62.5 Å². The van der Waals surface area contributed by atoms with Gasteiger partial charge in [0, 0.05) is 18.7 Å². The summed E-state index contributed by atoms with van der Waals surface area (Å²) in [5.74, 6) is 0.985. The molecule has 134 valence electrons. The first-order valence-electron chi connectivity index (χ1n) is 9.84. The van der Waals surface area contributed by atoms with E-state index < -0.39 is 0 Å². The highest BCUT2D eigenvalue weighted by Gasteiger charge is 2.30. The lowest BCUT2D eigenvalue weighted by Crippen LogP contribution is -2.47. The van der Waals surface area contributed by atoms with Crippen LogP contribution in [0.2, 0.25) is 0 Å². The van der Waals surface area contributed by atoms with Gasteiger partial charge < -0.3 is 9.84 Å². The number of rotatable bonds is 7. The molecule has 0 bridgehead atoms. The standard InChI is InChI=1S/C21H33NO2/c1-24-21-12-10-17-15-20(11-9-18(17)16-21)22(13-5-6-14-23)19-7-3-2-4-8-19/h10,12,16,19-20,23H,2-9,11,13-15H2,1H3. The number of nitrogens with zero attached hydrogens (tertiary/aromatic N) is 1. The summed E-state index contributed by atoms with van der Waals surface area (Å²) < 4.78 is 5.38. The van der Waals surface area contributed by atoms with Crippen LogP contribution in [0.4, 0.5) is 0 Å². The second kappa shape index (κ2) is 8.87. The summed E-state index contributed by atoms with van der Waals surface area (Å²) in [7, 11) is 1.75. The summed E-state index contributed by atoms with van der Waals surface area (Å²) in [6, 6.07) is 8.04. The van der Waals surface area contributed by atoms with Gasteiger partial charge in [-0.2, -0.15) is 0 Å². The Kier molecular flexibility index (Phi) is 6.56. The Labute approximate surface area is 147 Å². The first-order valence-corrected chi connectivity index (χ1v) is 9.84. The van der Waals surface area contributed by atoms with Crippen molar-refractivity contribution in [1.29, 1.82) is 0 Å². The van der Waals surface area contributed by atoms with E-state index in [0.717, 1.165) is 31.2 Å². The molecule has 0 radical (unpaired) electrons. The predicted molar refractivity (Wildman–Crippen MR) is 98.7 cm³/mol. The number of aryl methyl sites for hydroxylation is 1. The van der Waals surface area contributed by atoms with Crippen LogP contribution in [0.3, 0.4) is 0 Å². The van der Waals surface area contributed by atoms with E-state index >= 15 is 0 Å². The van der Waals surface area contributed by atoms with Crippen LogP contribution in [0.5, 0.6) is 5.75 Å². The monoisotopic (exact) mass is 331 g/mol. The van der Waals surface area contributed by atoms with Crippen LogP contribution in [0.15, 0.2) is 18.2 Å². The molecule has 0 aliphatic heterocycles. The third-order valence-corrected chi connectivity index (χ3v) is 5.95. The maximum atomic E-state index is 9.15. The molecule has 1 N–H and O–H groups in total. The Bertz CT molecular complexity index is 511. The van der Waals surface area contributed by atoms with Crippen molar-refractivity contribution in [2.45, 2.75) is 76.3 Å². The SMILES string of the molecule is COc1ccc2c(c1)CCC(N(CCCCO)C1CCCCC1)C2. The fraction of sp³-hybridized carbons (Fsp3) is 0.714. The number of hydrogen-bond acceptors (Lipinski definition) is 3. The molecule has 1 fully saturated rings. The number of benzene rings is 1. The minimum absolute atomic E-state index is 0.325. The van der Waals surface area contributed by atoms with Gasteiger partial charge in [0.25, 0.3) is 0 Å². The molecule has 1 saturated carbocycles. The van der Waals surface area contributed by atoms with Crippen molar-refractivity contribution in [2.24, 2.45) is 0 Å². The molecule has 0 aromatic heterocycles. The van der Waals surface area contributed by atoms with Crippen LogP contribution in [-0.2, 0) is 12.8 Å². The van der Waals surface area contributed by atoms with Gasteiger partial charge in [-0.3, -0.25) is 4.90 Å². The van der Waals surface area contributed by atoms with Crippen molar-refractivity contribution in [3.05, 3.63) is 29.3 Å². The topological polar surface area (TPSA) is 32.7 Å². The van der Waals surface area contributed by atoms with Crippen LogP contribution < -0.4 is 4.74 Å². The molecule has 1 aromatic rings. The third-order valence-electron chi connectivity index (χ3n) is 5.95. The van der Waals surface area contributed by atoms with Crippen LogP contribution in [0, 0.1) is 0 Å². The average Bonchev–Trinajstić information content (AvgIpc) is 2.65. The number of aliphatic hydroxyl groups is 1. The summed E-state index contributed by atoms with van der Waals surface area (Å²) in [6.07, 6.45) is 12.6. The quantitative estimate of drug-likeness (QED) is 0.768. The largest absolute Gasteiger partial charge is 0.497 e. The van der Waals surface area contributed by atoms with Crippen molar-refractivity contribution in [2.75, 3.05) is 20.3 Å². The lowest BCUT2D eigenvalue weighted by molar-refractivity contribution is 0.0903. The van der Waals surface area contributed by atoms with Crippen LogP contribution in [-0.4, -0.2) is 42.4 Å². The van der Waals surface area contributed by atoms with Gasteiger partial charge in [-0.25, -0.2) is 0 Å². The molecule has 3 nitrogen and oxygen atoms in total. The van der Waals surface area contributed by atoms with E-state index in [9.17, 15) is 0 Å². The Morgan fingerprint density at radius 2 is 1.88 bits per heavy atom. The molecule has 24 heavy (non-hydrogen) atoms.